The molecule has 0 radical (unpaired) electrons. The van der Waals surface area contributed by atoms with Gasteiger partial charge in [0.25, 0.3) is 0 Å². The summed E-state index contributed by atoms with van der Waals surface area (Å²) in [4.78, 5) is 11.5. The van der Waals surface area contributed by atoms with Crippen molar-refractivity contribution in [2.75, 3.05) is 6.61 Å². The Morgan fingerprint density at radius 3 is 3.00 bits per heavy atom. The molecule has 0 unspecified atom stereocenters. The van der Waals surface area contributed by atoms with Gasteiger partial charge in [0.15, 0.2) is 0 Å². The predicted molar refractivity (Wildman–Crippen MR) is 73.9 cm³/mol. The first-order chi connectivity index (χ1) is 9.19. The van der Waals surface area contributed by atoms with E-state index in [0.717, 1.165) is 19.3 Å². The standard InChI is InChI=1S/C16H22O3/c1-3-18-16(17)11-14-8-5-9-15(19-14)13-7-4-6-12(2)10-13/h4,6-7,10,14-15H,3,5,8-9,11H2,1-2H3/t14-,15+/m1/s1. The van der Waals surface area contributed by atoms with Gasteiger partial charge in [0.05, 0.1) is 25.2 Å². The molecular formula is C16H22O3. The second kappa shape index (κ2) is 6.71. The topological polar surface area (TPSA) is 35.5 Å². The Bertz CT molecular complexity index is 428. The quantitative estimate of drug-likeness (QED) is 0.778. The molecule has 1 aromatic carbocycles. The van der Waals surface area contributed by atoms with Crippen LogP contribution in [0.2, 0.25) is 0 Å². The van der Waals surface area contributed by atoms with E-state index in [1.54, 1.807) is 0 Å². The van der Waals surface area contributed by atoms with Crippen molar-refractivity contribution in [3.05, 3.63) is 35.4 Å². The summed E-state index contributed by atoms with van der Waals surface area (Å²) in [5.74, 6) is -0.155. The van der Waals surface area contributed by atoms with Crippen molar-refractivity contribution in [3.63, 3.8) is 0 Å². The third-order valence-electron chi connectivity index (χ3n) is 3.46. The lowest BCUT2D eigenvalue weighted by Crippen LogP contribution is -2.25. The van der Waals surface area contributed by atoms with Crippen LogP contribution in [0.3, 0.4) is 0 Å². The average molecular weight is 262 g/mol. The van der Waals surface area contributed by atoms with Gasteiger partial charge in [-0.05, 0) is 38.7 Å². The smallest absolute Gasteiger partial charge is 0.308 e. The fourth-order valence-electron chi connectivity index (χ4n) is 2.57. The van der Waals surface area contributed by atoms with E-state index in [2.05, 4.69) is 31.2 Å². The molecule has 2 atom stereocenters. The molecule has 1 aliphatic rings. The Balaban J connectivity index is 1.95. The molecule has 0 saturated carbocycles. The Morgan fingerprint density at radius 2 is 2.26 bits per heavy atom. The number of hydrogen-bond acceptors (Lipinski definition) is 3. The molecule has 1 fully saturated rings. The van der Waals surface area contributed by atoms with Crippen LogP contribution in [0.1, 0.15) is 49.8 Å². The summed E-state index contributed by atoms with van der Waals surface area (Å²) in [5, 5.41) is 0. The third-order valence-corrected chi connectivity index (χ3v) is 3.46. The molecule has 1 aromatic rings. The molecule has 3 nitrogen and oxygen atoms in total. The lowest BCUT2D eigenvalue weighted by molar-refractivity contribution is -0.149. The number of benzene rings is 1. The van der Waals surface area contributed by atoms with Crippen LogP contribution in [0, 0.1) is 6.92 Å². The van der Waals surface area contributed by atoms with Crippen molar-refractivity contribution >= 4 is 5.97 Å². The monoisotopic (exact) mass is 262 g/mol. The zero-order chi connectivity index (χ0) is 13.7. The minimum Gasteiger partial charge on any atom is -0.466 e. The third kappa shape index (κ3) is 4.06. The average Bonchev–Trinajstić information content (AvgIpc) is 2.39. The van der Waals surface area contributed by atoms with Crippen molar-refractivity contribution in [2.24, 2.45) is 0 Å². The van der Waals surface area contributed by atoms with E-state index in [0.29, 0.717) is 13.0 Å². The van der Waals surface area contributed by atoms with Crippen LogP contribution in [0.5, 0.6) is 0 Å². The van der Waals surface area contributed by atoms with Gasteiger partial charge in [-0.1, -0.05) is 29.8 Å². The molecule has 0 aliphatic carbocycles. The fourth-order valence-corrected chi connectivity index (χ4v) is 2.57. The summed E-state index contributed by atoms with van der Waals surface area (Å²) in [5.41, 5.74) is 2.46. The molecule has 2 rings (SSSR count). The van der Waals surface area contributed by atoms with Crippen LogP contribution in [0.15, 0.2) is 24.3 Å². The lowest BCUT2D eigenvalue weighted by Gasteiger charge is -2.30. The number of hydrogen-bond donors (Lipinski definition) is 0. The molecule has 0 spiro atoms. The van der Waals surface area contributed by atoms with Gasteiger partial charge in [-0.3, -0.25) is 4.79 Å². The summed E-state index contributed by atoms with van der Waals surface area (Å²) in [6.45, 7) is 4.35. The van der Waals surface area contributed by atoms with Crippen LogP contribution >= 0.6 is 0 Å². The molecule has 0 bridgehead atoms. The van der Waals surface area contributed by atoms with Crippen molar-refractivity contribution < 1.29 is 14.3 Å². The van der Waals surface area contributed by atoms with E-state index in [4.69, 9.17) is 9.47 Å². The second-order valence-corrected chi connectivity index (χ2v) is 5.10. The maximum Gasteiger partial charge on any atom is 0.308 e. The molecule has 3 heteroatoms. The van der Waals surface area contributed by atoms with Gasteiger partial charge in [-0.25, -0.2) is 0 Å². The van der Waals surface area contributed by atoms with Gasteiger partial charge >= 0.3 is 5.97 Å². The summed E-state index contributed by atoms with van der Waals surface area (Å²) < 4.78 is 11.0. The van der Waals surface area contributed by atoms with Crippen molar-refractivity contribution in [3.8, 4) is 0 Å². The van der Waals surface area contributed by atoms with E-state index < -0.39 is 0 Å². The number of aryl methyl sites for hydroxylation is 1. The van der Waals surface area contributed by atoms with Crippen molar-refractivity contribution in [1.29, 1.82) is 0 Å². The van der Waals surface area contributed by atoms with Gasteiger partial charge in [-0.15, -0.1) is 0 Å². The molecule has 0 aromatic heterocycles. The number of carbonyl (C=O) groups excluding carboxylic acids is 1. The maximum atomic E-state index is 11.5. The SMILES string of the molecule is CCOC(=O)C[C@H]1CCC[C@@H](c2cccc(C)c2)O1. The van der Waals surface area contributed by atoms with Gasteiger partial charge < -0.3 is 9.47 Å². The van der Waals surface area contributed by atoms with E-state index in [-0.39, 0.29) is 18.2 Å². The highest BCUT2D eigenvalue weighted by atomic mass is 16.5. The lowest BCUT2D eigenvalue weighted by atomic mass is 9.96. The van der Waals surface area contributed by atoms with Crippen molar-refractivity contribution in [2.45, 2.75) is 51.7 Å². The minimum atomic E-state index is -0.155. The van der Waals surface area contributed by atoms with Gasteiger partial charge in [0.2, 0.25) is 0 Å². The number of carbonyl (C=O) groups is 1. The molecule has 0 N–H and O–H groups in total. The zero-order valence-corrected chi connectivity index (χ0v) is 11.7. The Hall–Kier alpha value is -1.35. The number of esters is 1. The van der Waals surface area contributed by atoms with Gasteiger partial charge in [-0.2, -0.15) is 0 Å². The summed E-state index contributed by atoms with van der Waals surface area (Å²) >= 11 is 0. The first-order valence-corrected chi connectivity index (χ1v) is 7.06. The molecule has 1 heterocycles. The van der Waals surface area contributed by atoms with Crippen LogP contribution in [-0.2, 0) is 14.3 Å². The van der Waals surface area contributed by atoms with E-state index in [1.165, 1.54) is 11.1 Å². The van der Waals surface area contributed by atoms with E-state index in [1.807, 2.05) is 6.92 Å². The first kappa shape index (κ1) is 14.1. The minimum absolute atomic E-state index is 0.00156. The largest absolute Gasteiger partial charge is 0.466 e. The predicted octanol–water partition coefficient (Wildman–Crippen LogP) is 3.56. The van der Waals surface area contributed by atoms with E-state index >= 15 is 0 Å². The Kier molecular flexibility index (Phi) is 4.97. The molecule has 104 valence electrons. The first-order valence-electron chi connectivity index (χ1n) is 7.06. The van der Waals surface area contributed by atoms with Gasteiger partial charge in [0.1, 0.15) is 0 Å². The van der Waals surface area contributed by atoms with Crippen LogP contribution in [0.4, 0.5) is 0 Å². The normalized spacial score (nSPS) is 23.1. The molecule has 1 saturated heterocycles. The Labute approximate surface area is 114 Å². The highest BCUT2D eigenvalue weighted by molar-refractivity contribution is 5.69. The fraction of sp³-hybridized carbons (Fsp3) is 0.562. The zero-order valence-electron chi connectivity index (χ0n) is 11.7. The Morgan fingerprint density at radius 1 is 1.42 bits per heavy atom. The highest BCUT2D eigenvalue weighted by Crippen LogP contribution is 2.32. The highest BCUT2D eigenvalue weighted by Gasteiger charge is 2.25. The second-order valence-electron chi connectivity index (χ2n) is 5.10. The molecule has 1 aliphatic heterocycles. The molecule has 19 heavy (non-hydrogen) atoms. The molecule has 0 amide bonds. The van der Waals surface area contributed by atoms with Crippen LogP contribution in [0.25, 0.3) is 0 Å². The van der Waals surface area contributed by atoms with Crippen molar-refractivity contribution in [1.82, 2.24) is 0 Å². The van der Waals surface area contributed by atoms with Gasteiger partial charge in [0, 0.05) is 0 Å². The number of rotatable bonds is 4. The number of ether oxygens (including phenoxy) is 2. The van der Waals surface area contributed by atoms with Crippen LogP contribution in [-0.4, -0.2) is 18.7 Å². The summed E-state index contributed by atoms with van der Waals surface area (Å²) in [7, 11) is 0. The van der Waals surface area contributed by atoms with E-state index in [9.17, 15) is 4.79 Å². The molecular weight excluding hydrogens is 240 g/mol. The maximum absolute atomic E-state index is 11.5. The summed E-state index contributed by atoms with van der Waals surface area (Å²) in [6.07, 6.45) is 3.56. The van der Waals surface area contributed by atoms with Crippen LogP contribution < -0.4 is 0 Å². The summed E-state index contributed by atoms with van der Waals surface area (Å²) in [6, 6.07) is 8.41.